The molecule has 0 radical (unpaired) electrons. The smallest absolute Gasteiger partial charge is 0.298 e. The zero-order chi connectivity index (χ0) is 18.7. The van der Waals surface area contributed by atoms with Gasteiger partial charge in [0.15, 0.2) is 0 Å². The molecule has 5 nitrogen and oxygen atoms in total. The number of imide groups is 1. The van der Waals surface area contributed by atoms with Gasteiger partial charge in [0, 0.05) is 12.6 Å². The Morgan fingerprint density at radius 3 is 2.31 bits per heavy atom. The fraction of sp³-hybridized carbons (Fsp3) is 0.150. The van der Waals surface area contributed by atoms with E-state index in [1.54, 1.807) is 30.3 Å². The lowest BCUT2D eigenvalue weighted by molar-refractivity contribution is -0.114. The normalized spacial score (nSPS) is 15.6. The summed E-state index contributed by atoms with van der Waals surface area (Å²) in [4.78, 5) is 37.6. The van der Waals surface area contributed by atoms with Gasteiger partial charge in [0.2, 0.25) is 5.91 Å². The van der Waals surface area contributed by atoms with Crippen LogP contribution in [0.15, 0.2) is 53.4 Å². The first-order chi connectivity index (χ1) is 12.5. The van der Waals surface area contributed by atoms with Gasteiger partial charge in [-0.05, 0) is 59.7 Å². The van der Waals surface area contributed by atoms with Crippen LogP contribution in [0.2, 0.25) is 0 Å². The van der Waals surface area contributed by atoms with Gasteiger partial charge < -0.3 is 5.32 Å². The maximum Gasteiger partial charge on any atom is 0.298 e. The van der Waals surface area contributed by atoms with Gasteiger partial charge in [-0.3, -0.25) is 14.4 Å². The van der Waals surface area contributed by atoms with Gasteiger partial charge in [0.05, 0.1) is 10.6 Å². The lowest BCUT2D eigenvalue weighted by Gasteiger charge is -2.13. The van der Waals surface area contributed by atoms with Crippen molar-refractivity contribution in [2.24, 2.45) is 0 Å². The van der Waals surface area contributed by atoms with E-state index in [4.69, 9.17) is 0 Å². The van der Waals surface area contributed by atoms with Crippen LogP contribution in [0.25, 0.3) is 6.08 Å². The third-order valence-corrected chi connectivity index (χ3v) is 4.79. The Balaban J connectivity index is 1.81. The van der Waals surface area contributed by atoms with E-state index in [2.05, 4.69) is 12.2 Å². The highest BCUT2D eigenvalue weighted by atomic mass is 32.2. The minimum atomic E-state index is -0.341. The van der Waals surface area contributed by atoms with E-state index in [-0.39, 0.29) is 17.1 Å². The molecular weight excluding hydrogens is 348 g/mol. The number of hydrogen-bond acceptors (Lipinski definition) is 4. The summed E-state index contributed by atoms with van der Waals surface area (Å²) in [6, 6.07) is 14.5. The molecule has 0 bridgehead atoms. The number of anilines is 2. The quantitative estimate of drug-likeness (QED) is 0.812. The van der Waals surface area contributed by atoms with Crippen molar-refractivity contribution in [3.63, 3.8) is 0 Å². The van der Waals surface area contributed by atoms with Gasteiger partial charge in [-0.15, -0.1) is 0 Å². The van der Waals surface area contributed by atoms with E-state index < -0.39 is 0 Å². The first-order valence-corrected chi connectivity index (χ1v) is 9.04. The molecule has 6 heteroatoms. The highest BCUT2D eigenvalue weighted by Crippen LogP contribution is 2.36. The maximum atomic E-state index is 12.7. The Morgan fingerprint density at radius 2 is 1.73 bits per heavy atom. The Labute approximate surface area is 156 Å². The second kappa shape index (κ2) is 7.58. The molecule has 1 fully saturated rings. The molecule has 1 aliphatic heterocycles. The highest BCUT2D eigenvalue weighted by molar-refractivity contribution is 8.19. The number of aryl methyl sites for hydroxylation is 1. The lowest BCUT2D eigenvalue weighted by Crippen LogP contribution is -2.27. The topological polar surface area (TPSA) is 66.5 Å². The number of nitrogens with zero attached hydrogens (tertiary/aromatic N) is 1. The molecule has 0 aromatic heterocycles. The molecule has 1 N–H and O–H groups in total. The molecule has 3 rings (SSSR count). The summed E-state index contributed by atoms with van der Waals surface area (Å²) in [6.07, 6.45) is 2.68. The fourth-order valence-corrected chi connectivity index (χ4v) is 3.43. The van der Waals surface area contributed by atoms with Crippen LogP contribution in [0.3, 0.4) is 0 Å². The molecule has 0 saturated carbocycles. The van der Waals surface area contributed by atoms with Crippen LogP contribution >= 0.6 is 11.8 Å². The number of carbonyl (C=O) groups is 3. The molecule has 2 aromatic rings. The van der Waals surface area contributed by atoms with Crippen LogP contribution in [0.4, 0.5) is 16.2 Å². The summed E-state index contributed by atoms with van der Waals surface area (Å²) in [7, 11) is 0. The Kier molecular flexibility index (Phi) is 5.23. The van der Waals surface area contributed by atoms with Crippen molar-refractivity contribution in [2.45, 2.75) is 20.3 Å². The van der Waals surface area contributed by atoms with Crippen molar-refractivity contribution < 1.29 is 14.4 Å². The SMILES string of the molecule is CCc1ccc(/C=C2\SC(=O)N(c3ccc(NC(C)=O)cc3)C2=O)cc1. The van der Waals surface area contributed by atoms with E-state index >= 15 is 0 Å². The average Bonchev–Trinajstić information content (AvgIpc) is 2.89. The molecule has 26 heavy (non-hydrogen) atoms. The zero-order valence-corrected chi connectivity index (χ0v) is 15.3. The zero-order valence-electron chi connectivity index (χ0n) is 14.5. The number of nitrogens with one attached hydrogen (secondary N) is 1. The van der Waals surface area contributed by atoms with E-state index in [0.717, 1.165) is 28.6 Å². The summed E-state index contributed by atoms with van der Waals surface area (Å²) >= 11 is 0.925. The Bertz CT molecular complexity index is 886. The van der Waals surface area contributed by atoms with Crippen molar-refractivity contribution >= 4 is 46.3 Å². The minimum absolute atomic E-state index is 0.180. The summed E-state index contributed by atoms with van der Waals surface area (Å²) < 4.78 is 0. The van der Waals surface area contributed by atoms with Crippen molar-refractivity contribution in [1.29, 1.82) is 0 Å². The summed E-state index contributed by atoms with van der Waals surface area (Å²) in [6.45, 7) is 3.50. The van der Waals surface area contributed by atoms with Crippen molar-refractivity contribution in [1.82, 2.24) is 0 Å². The minimum Gasteiger partial charge on any atom is -0.326 e. The molecule has 1 saturated heterocycles. The second-order valence-electron chi connectivity index (χ2n) is 5.84. The van der Waals surface area contributed by atoms with Crippen LogP contribution in [0, 0.1) is 0 Å². The van der Waals surface area contributed by atoms with Crippen LogP contribution in [0.5, 0.6) is 0 Å². The van der Waals surface area contributed by atoms with E-state index in [0.29, 0.717) is 16.3 Å². The van der Waals surface area contributed by atoms with Gasteiger partial charge in [-0.1, -0.05) is 31.2 Å². The maximum absolute atomic E-state index is 12.7. The van der Waals surface area contributed by atoms with Crippen LogP contribution in [-0.2, 0) is 16.0 Å². The van der Waals surface area contributed by atoms with Gasteiger partial charge in [-0.2, -0.15) is 0 Å². The first kappa shape index (κ1) is 17.9. The molecule has 132 valence electrons. The van der Waals surface area contributed by atoms with Crippen LogP contribution < -0.4 is 10.2 Å². The summed E-state index contributed by atoms with van der Waals surface area (Å²) in [5.74, 6) is -0.521. The Hall–Kier alpha value is -2.86. The van der Waals surface area contributed by atoms with Gasteiger partial charge in [0.25, 0.3) is 11.1 Å². The van der Waals surface area contributed by atoms with Gasteiger partial charge >= 0.3 is 0 Å². The van der Waals surface area contributed by atoms with Crippen LogP contribution in [-0.4, -0.2) is 17.1 Å². The number of carbonyl (C=O) groups excluding carboxylic acids is 3. The first-order valence-electron chi connectivity index (χ1n) is 8.22. The fourth-order valence-electron chi connectivity index (χ4n) is 2.59. The molecule has 1 aliphatic rings. The predicted molar refractivity (Wildman–Crippen MR) is 105 cm³/mol. The molecule has 2 aromatic carbocycles. The lowest BCUT2D eigenvalue weighted by atomic mass is 10.1. The summed E-state index contributed by atoms with van der Waals surface area (Å²) in [5.41, 5.74) is 3.19. The summed E-state index contributed by atoms with van der Waals surface area (Å²) in [5, 5.41) is 2.32. The third-order valence-electron chi connectivity index (χ3n) is 3.93. The van der Waals surface area contributed by atoms with Crippen molar-refractivity contribution in [2.75, 3.05) is 10.2 Å². The monoisotopic (exact) mass is 366 g/mol. The Morgan fingerprint density at radius 1 is 1.08 bits per heavy atom. The van der Waals surface area contributed by atoms with E-state index in [9.17, 15) is 14.4 Å². The predicted octanol–water partition coefficient (Wildman–Crippen LogP) is 4.45. The van der Waals surface area contributed by atoms with Crippen molar-refractivity contribution in [3.8, 4) is 0 Å². The third kappa shape index (κ3) is 3.86. The number of amides is 3. The van der Waals surface area contributed by atoms with Crippen LogP contribution in [0.1, 0.15) is 25.0 Å². The largest absolute Gasteiger partial charge is 0.326 e. The molecule has 0 atom stereocenters. The average molecular weight is 366 g/mol. The molecule has 3 amide bonds. The van der Waals surface area contributed by atoms with Crippen molar-refractivity contribution in [3.05, 3.63) is 64.6 Å². The van der Waals surface area contributed by atoms with E-state index in [1.807, 2.05) is 24.3 Å². The molecule has 1 heterocycles. The standard InChI is InChI=1S/C20H18N2O3S/c1-3-14-4-6-15(7-5-14)12-18-19(24)22(20(25)26-18)17-10-8-16(9-11-17)21-13(2)23/h4-12H,3H2,1-2H3,(H,21,23)/b18-12-. The molecular formula is C20H18N2O3S. The highest BCUT2D eigenvalue weighted by Gasteiger charge is 2.36. The number of thioether (sulfide) groups is 1. The van der Waals surface area contributed by atoms with Gasteiger partial charge in [-0.25, -0.2) is 4.90 Å². The van der Waals surface area contributed by atoms with Gasteiger partial charge in [0.1, 0.15) is 0 Å². The second-order valence-corrected chi connectivity index (χ2v) is 6.83. The number of rotatable bonds is 4. The molecule has 0 unspecified atom stereocenters. The van der Waals surface area contributed by atoms with E-state index in [1.165, 1.54) is 12.5 Å². The molecule has 0 aliphatic carbocycles. The number of benzene rings is 2. The molecule has 0 spiro atoms. The number of hydrogen-bond donors (Lipinski definition) is 1.